The third-order valence-corrected chi connectivity index (χ3v) is 3.51. The Morgan fingerprint density at radius 2 is 2.00 bits per heavy atom. The normalized spacial score (nSPS) is 11.1. The molecule has 0 aromatic carbocycles. The predicted octanol–water partition coefficient (Wildman–Crippen LogP) is 2.28. The molecular weight excluding hydrogens is 196 g/mol. The zero-order valence-corrected chi connectivity index (χ0v) is 10.6. The number of hydrogen-bond donors (Lipinski definition) is 0. The minimum atomic E-state index is -1.77. The van der Waals surface area contributed by atoms with Crippen molar-refractivity contribution in [2.24, 2.45) is 0 Å². The van der Waals surface area contributed by atoms with E-state index in [1.165, 1.54) is 6.92 Å². The van der Waals surface area contributed by atoms with Crippen molar-refractivity contribution in [1.29, 1.82) is 0 Å². The Balaban J connectivity index is 3.86. The van der Waals surface area contributed by atoms with Gasteiger partial charge in [-0.25, -0.2) is 0 Å². The molecule has 82 valence electrons. The van der Waals surface area contributed by atoms with Gasteiger partial charge in [0, 0.05) is 13.5 Å². The van der Waals surface area contributed by atoms with Crippen molar-refractivity contribution in [2.45, 2.75) is 33.4 Å². The molecule has 3 nitrogen and oxygen atoms in total. The van der Waals surface area contributed by atoms with Crippen LogP contribution in [0.5, 0.6) is 0 Å². The highest BCUT2D eigenvalue weighted by molar-refractivity contribution is 6.71. The molecule has 0 spiro atoms. The van der Waals surface area contributed by atoms with Gasteiger partial charge in [0.05, 0.1) is 0 Å². The van der Waals surface area contributed by atoms with Crippen LogP contribution in [0.3, 0.4) is 0 Å². The molecule has 0 amide bonds. The molecule has 0 rings (SSSR count). The Hall–Kier alpha value is -0.613. The molecule has 0 aliphatic carbocycles. The van der Waals surface area contributed by atoms with Crippen molar-refractivity contribution in [3.8, 4) is 0 Å². The number of allylic oxidation sites excluding steroid dienone is 1. The molecule has 0 bridgehead atoms. The van der Waals surface area contributed by atoms with Crippen LogP contribution in [0.15, 0.2) is 12.3 Å². The molecule has 0 aromatic heterocycles. The number of carbonyl (C=O) groups is 1. The van der Waals surface area contributed by atoms with E-state index >= 15 is 0 Å². The molecule has 0 aliphatic heterocycles. The number of ether oxygens (including phenoxy) is 1. The van der Waals surface area contributed by atoms with Gasteiger partial charge >= 0.3 is 0 Å². The maximum absolute atomic E-state index is 10.8. The van der Waals surface area contributed by atoms with E-state index in [1.807, 2.05) is 0 Å². The fourth-order valence-corrected chi connectivity index (χ4v) is 2.14. The molecule has 0 saturated carbocycles. The minimum absolute atomic E-state index is 0.120. The Morgan fingerprint density at radius 1 is 1.43 bits per heavy atom. The number of ketones is 1. The van der Waals surface area contributed by atoms with Crippen LogP contribution < -0.4 is 0 Å². The van der Waals surface area contributed by atoms with E-state index in [2.05, 4.69) is 26.6 Å². The molecule has 0 fully saturated rings. The lowest BCUT2D eigenvalue weighted by atomic mass is 10.4. The highest BCUT2D eigenvalue weighted by Gasteiger charge is 2.23. The maximum atomic E-state index is 10.8. The van der Waals surface area contributed by atoms with Gasteiger partial charge in [-0.1, -0.05) is 13.5 Å². The van der Waals surface area contributed by atoms with Gasteiger partial charge in [0.1, 0.15) is 6.23 Å². The van der Waals surface area contributed by atoms with E-state index in [0.717, 1.165) is 13.0 Å². The molecule has 14 heavy (non-hydrogen) atoms. The lowest BCUT2D eigenvalue weighted by Gasteiger charge is -2.22. The molecular formula is C10H20O3Si. The lowest BCUT2D eigenvalue weighted by Crippen LogP contribution is -2.37. The molecule has 0 N–H and O–H groups in total. The second-order valence-electron chi connectivity index (χ2n) is 3.88. The molecule has 0 atom stereocenters. The first-order valence-corrected chi connectivity index (χ1v) is 7.97. The van der Waals surface area contributed by atoms with Crippen LogP contribution in [0.25, 0.3) is 0 Å². The van der Waals surface area contributed by atoms with Gasteiger partial charge in [0.15, 0.2) is 11.5 Å². The fourth-order valence-electron chi connectivity index (χ4n) is 0.783. The number of hydrogen-bond acceptors (Lipinski definition) is 3. The van der Waals surface area contributed by atoms with Gasteiger partial charge in [-0.15, -0.1) is 0 Å². The summed E-state index contributed by atoms with van der Waals surface area (Å²) in [4.78, 5) is 10.8. The van der Waals surface area contributed by atoms with E-state index < -0.39 is 8.32 Å². The first-order chi connectivity index (χ1) is 6.39. The Bertz CT molecular complexity index is 211. The van der Waals surface area contributed by atoms with E-state index in [9.17, 15) is 4.79 Å². The third-order valence-electron chi connectivity index (χ3n) is 1.68. The van der Waals surface area contributed by atoms with Crippen molar-refractivity contribution in [1.82, 2.24) is 0 Å². The molecule has 0 saturated heterocycles. The van der Waals surface area contributed by atoms with Crippen LogP contribution in [-0.2, 0) is 14.0 Å². The van der Waals surface area contributed by atoms with Crippen LogP contribution in [0.2, 0.25) is 13.1 Å². The Kier molecular flexibility index (Phi) is 5.72. The highest BCUT2D eigenvalue weighted by Crippen LogP contribution is 2.08. The first-order valence-electron chi connectivity index (χ1n) is 4.85. The van der Waals surface area contributed by atoms with Crippen LogP contribution in [-0.4, -0.2) is 26.9 Å². The SMILES string of the molecule is C=C(OC[Si](C)(C)OCCC)C(C)=O. The van der Waals surface area contributed by atoms with Crippen molar-refractivity contribution in [3.63, 3.8) is 0 Å². The second-order valence-corrected chi connectivity index (χ2v) is 7.97. The highest BCUT2D eigenvalue weighted by atomic mass is 28.4. The van der Waals surface area contributed by atoms with Gasteiger partial charge in [-0.3, -0.25) is 4.79 Å². The molecule has 0 aromatic rings. The van der Waals surface area contributed by atoms with E-state index in [0.29, 0.717) is 6.23 Å². The average Bonchev–Trinajstić information content (AvgIpc) is 2.11. The van der Waals surface area contributed by atoms with Gasteiger partial charge in [-0.2, -0.15) is 0 Å². The average molecular weight is 216 g/mol. The Morgan fingerprint density at radius 3 is 2.43 bits per heavy atom. The summed E-state index contributed by atoms with van der Waals surface area (Å²) < 4.78 is 10.9. The topological polar surface area (TPSA) is 35.5 Å². The summed E-state index contributed by atoms with van der Waals surface area (Å²) in [6.45, 7) is 11.9. The maximum Gasteiger partial charge on any atom is 0.224 e. The molecule has 0 aliphatic rings. The van der Waals surface area contributed by atoms with Crippen molar-refractivity contribution < 1.29 is 14.0 Å². The van der Waals surface area contributed by atoms with Gasteiger partial charge in [0.2, 0.25) is 8.32 Å². The van der Waals surface area contributed by atoms with Crippen LogP contribution >= 0.6 is 0 Å². The van der Waals surface area contributed by atoms with E-state index in [1.54, 1.807) is 0 Å². The second kappa shape index (κ2) is 5.98. The van der Waals surface area contributed by atoms with Crippen LogP contribution in [0, 0.1) is 0 Å². The van der Waals surface area contributed by atoms with Gasteiger partial charge in [-0.05, 0) is 19.5 Å². The number of Topliss-reactive ketones (excluding diaryl/α,β-unsaturated/α-hetero) is 1. The summed E-state index contributed by atoms with van der Waals surface area (Å²) in [5.74, 6) is 0.107. The zero-order chi connectivity index (χ0) is 11.2. The summed E-state index contributed by atoms with van der Waals surface area (Å²) in [6, 6.07) is 0. The summed E-state index contributed by atoms with van der Waals surface area (Å²) in [5.41, 5.74) is 0. The van der Waals surface area contributed by atoms with Crippen molar-refractivity contribution in [2.75, 3.05) is 12.8 Å². The zero-order valence-electron chi connectivity index (χ0n) is 9.55. The Labute approximate surface area is 87.2 Å². The molecule has 0 unspecified atom stereocenters. The monoisotopic (exact) mass is 216 g/mol. The standard InChI is InChI=1S/C10H20O3Si/c1-6-7-13-14(4,5)8-12-10(3)9(2)11/h3,6-8H2,1-2,4-5H3. The number of rotatable bonds is 7. The van der Waals surface area contributed by atoms with Crippen LogP contribution in [0.1, 0.15) is 20.3 Å². The largest absolute Gasteiger partial charge is 0.491 e. The van der Waals surface area contributed by atoms with E-state index in [4.69, 9.17) is 9.16 Å². The summed E-state index contributed by atoms with van der Waals surface area (Å²) in [6.07, 6.45) is 1.50. The van der Waals surface area contributed by atoms with Gasteiger partial charge in [0.25, 0.3) is 0 Å². The van der Waals surface area contributed by atoms with Crippen LogP contribution in [0.4, 0.5) is 0 Å². The van der Waals surface area contributed by atoms with E-state index in [-0.39, 0.29) is 11.5 Å². The van der Waals surface area contributed by atoms with Crippen molar-refractivity contribution in [3.05, 3.63) is 12.3 Å². The third kappa shape index (κ3) is 5.94. The molecule has 4 heteroatoms. The first kappa shape index (κ1) is 13.4. The smallest absolute Gasteiger partial charge is 0.224 e. The van der Waals surface area contributed by atoms with Crippen molar-refractivity contribution >= 4 is 14.1 Å². The number of carbonyl (C=O) groups excluding carboxylic acids is 1. The molecule has 0 heterocycles. The summed E-state index contributed by atoms with van der Waals surface area (Å²) >= 11 is 0. The summed E-state index contributed by atoms with van der Waals surface area (Å²) in [5, 5.41) is 0. The van der Waals surface area contributed by atoms with Gasteiger partial charge < -0.3 is 9.16 Å². The minimum Gasteiger partial charge on any atom is -0.491 e. The fraction of sp³-hybridized carbons (Fsp3) is 0.700. The predicted molar refractivity (Wildman–Crippen MR) is 59.5 cm³/mol. The quantitative estimate of drug-likeness (QED) is 0.372. The molecule has 0 radical (unpaired) electrons. The summed E-state index contributed by atoms with van der Waals surface area (Å²) in [7, 11) is -1.77. The lowest BCUT2D eigenvalue weighted by molar-refractivity contribution is -0.116.